The van der Waals surface area contributed by atoms with Crippen LogP contribution >= 0.6 is 11.8 Å². The molecule has 1 aromatic rings. The highest BCUT2D eigenvalue weighted by Gasteiger charge is 2.20. The molecule has 1 aromatic heterocycles. The van der Waals surface area contributed by atoms with Crippen LogP contribution in [-0.4, -0.2) is 27.0 Å². The number of aliphatic carboxylic acids is 1. The predicted molar refractivity (Wildman–Crippen MR) is 53.7 cm³/mol. The van der Waals surface area contributed by atoms with Gasteiger partial charge in [-0.1, -0.05) is 18.2 Å². The average molecular weight is 228 g/mol. The molecule has 1 N–H and O–H groups in total. The molecule has 0 radical (unpaired) electrons. The Morgan fingerprint density at radius 3 is 2.93 bits per heavy atom. The van der Waals surface area contributed by atoms with Crippen LogP contribution in [0.2, 0.25) is 0 Å². The van der Waals surface area contributed by atoms with Crippen molar-refractivity contribution in [3.63, 3.8) is 0 Å². The van der Waals surface area contributed by atoms with E-state index in [4.69, 9.17) is 9.52 Å². The molecule has 6 heteroatoms. The summed E-state index contributed by atoms with van der Waals surface area (Å²) in [6.07, 6.45) is 4.60. The number of hydrogen-bond acceptors (Lipinski definition) is 5. The molecule has 1 fully saturated rings. The second kappa shape index (κ2) is 4.65. The third-order valence-corrected chi connectivity index (χ3v) is 3.26. The lowest BCUT2D eigenvalue weighted by molar-refractivity contribution is -0.133. The van der Waals surface area contributed by atoms with Gasteiger partial charge in [0.05, 0.1) is 0 Å². The highest BCUT2D eigenvalue weighted by atomic mass is 32.2. The maximum atomic E-state index is 10.3. The molecule has 0 unspecified atom stereocenters. The van der Waals surface area contributed by atoms with Crippen LogP contribution in [-0.2, 0) is 11.2 Å². The Morgan fingerprint density at radius 2 is 2.33 bits per heavy atom. The number of carbonyl (C=O) groups is 1. The largest absolute Gasteiger partial charge is 0.481 e. The lowest BCUT2D eigenvalue weighted by atomic mass is 9.83. The molecule has 0 bridgehead atoms. The zero-order chi connectivity index (χ0) is 10.7. The van der Waals surface area contributed by atoms with Gasteiger partial charge in [0.2, 0.25) is 5.89 Å². The van der Waals surface area contributed by atoms with Crippen LogP contribution in [0, 0.1) is 5.92 Å². The number of aromatic nitrogens is 2. The van der Waals surface area contributed by atoms with Gasteiger partial charge in [-0.05, 0) is 18.8 Å². The van der Waals surface area contributed by atoms with Gasteiger partial charge in [0.15, 0.2) is 0 Å². The Balaban J connectivity index is 1.83. The first-order valence-corrected chi connectivity index (χ1v) is 5.89. The molecule has 0 atom stereocenters. The van der Waals surface area contributed by atoms with Crippen LogP contribution in [0.5, 0.6) is 0 Å². The van der Waals surface area contributed by atoms with E-state index >= 15 is 0 Å². The normalized spacial score (nSPS) is 16.3. The number of thioether (sulfide) groups is 1. The minimum Gasteiger partial charge on any atom is -0.481 e. The Kier molecular flexibility index (Phi) is 3.25. The quantitative estimate of drug-likeness (QED) is 0.771. The molecular formula is C9H12N2O3S. The van der Waals surface area contributed by atoms with Gasteiger partial charge in [0.1, 0.15) is 5.75 Å². The maximum Gasteiger partial charge on any atom is 0.314 e. The monoisotopic (exact) mass is 228 g/mol. The second-order valence-electron chi connectivity index (χ2n) is 3.65. The van der Waals surface area contributed by atoms with Crippen LogP contribution in [0.1, 0.15) is 25.2 Å². The van der Waals surface area contributed by atoms with Gasteiger partial charge in [-0.2, -0.15) is 0 Å². The summed E-state index contributed by atoms with van der Waals surface area (Å²) in [7, 11) is 0. The lowest BCUT2D eigenvalue weighted by Crippen LogP contribution is -2.13. The third-order valence-electron chi connectivity index (χ3n) is 2.46. The number of carboxylic acids is 1. The Hall–Kier alpha value is -1.04. The van der Waals surface area contributed by atoms with Crippen molar-refractivity contribution in [2.24, 2.45) is 5.92 Å². The molecule has 15 heavy (non-hydrogen) atoms. The maximum absolute atomic E-state index is 10.3. The van der Waals surface area contributed by atoms with E-state index in [-0.39, 0.29) is 5.75 Å². The van der Waals surface area contributed by atoms with E-state index in [9.17, 15) is 4.79 Å². The number of carboxylic acid groups (broad SMARTS) is 1. The van der Waals surface area contributed by atoms with E-state index in [0.717, 1.165) is 18.2 Å². The van der Waals surface area contributed by atoms with Crippen molar-refractivity contribution in [2.75, 3.05) is 5.75 Å². The first-order valence-electron chi connectivity index (χ1n) is 4.91. The van der Waals surface area contributed by atoms with Gasteiger partial charge in [-0.25, -0.2) is 0 Å². The van der Waals surface area contributed by atoms with Crippen LogP contribution in [0.15, 0.2) is 9.64 Å². The van der Waals surface area contributed by atoms with E-state index in [1.807, 2.05) is 0 Å². The number of hydrogen-bond donors (Lipinski definition) is 1. The minimum atomic E-state index is -0.876. The summed E-state index contributed by atoms with van der Waals surface area (Å²) in [4.78, 5) is 10.3. The molecular weight excluding hydrogens is 216 g/mol. The lowest BCUT2D eigenvalue weighted by Gasteiger charge is -2.23. The first-order chi connectivity index (χ1) is 7.24. The fourth-order valence-electron chi connectivity index (χ4n) is 1.45. The summed E-state index contributed by atoms with van der Waals surface area (Å²) in [5.74, 6) is 0.402. The molecule has 5 nitrogen and oxygen atoms in total. The average Bonchev–Trinajstić information content (AvgIpc) is 2.56. The minimum absolute atomic E-state index is 0.0366. The van der Waals surface area contributed by atoms with Gasteiger partial charge in [0.25, 0.3) is 5.22 Å². The summed E-state index contributed by atoms with van der Waals surface area (Å²) in [6.45, 7) is 0. The molecule has 1 heterocycles. The van der Waals surface area contributed by atoms with Crippen LogP contribution < -0.4 is 0 Å². The van der Waals surface area contributed by atoms with Crippen molar-refractivity contribution in [1.82, 2.24) is 10.2 Å². The van der Waals surface area contributed by atoms with Crippen molar-refractivity contribution >= 4 is 17.7 Å². The second-order valence-corrected chi connectivity index (χ2v) is 4.57. The number of rotatable bonds is 5. The fourth-order valence-corrected chi connectivity index (χ4v) is 1.95. The van der Waals surface area contributed by atoms with Crippen LogP contribution in [0.25, 0.3) is 0 Å². The number of nitrogens with zero attached hydrogens (tertiary/aromatic N) is 2. The topological polar surface area (TPSA) is 76.2 Å². The molecule has 0 aromatic carbocycles. The predicted octanol–water partition coefficient (Wildman–Crippen LogP) is 1.59. The highest BCUT2D eigenvalue weighted by molar-refractivity contribution is 7.99. The zero-order valence-electron chi connectivity index (χ0n) is 8.18. The van der Waals surface area contributed by atoms with E-state index in [1.165, 1.54) is 19.3 Å². The summed E-state index contributed by atoms with van der Waals surface area (Å²) >= 11 is 1.06. The van der Waals surface area contributed by atoms with Crippen molar-refractivity contribution in [3.8, 4) is 0 Å². The standard InChI is InChI=1S/C9H12N2O3S/c12-8(13)5-15-9-11-10-7(14-9)4-6-2-1-3-6/h6H,1-5H2,(H,12,13). The van der Waals surface area contributed by atoms with E-state index < -0.39 is 5.97 Å². The van der Waals surface area contributed by atoms with Crippen molar-refractivity contribution in [2.45, 2.75) is 30.9 Å². The van der Waals surface area contributed by atoms with Gasteiger partial charge >= 0.3 is 5.97 Å². The van der Waals surface area contributed by atoms with Crippen molar-refractivity contribution in [1.29, 1.82) is 0 Å². The first kappa shape index (κ1) is 10.5. The molecule has 0 spiro atoms. The molecule has 0 aliphatic heterocycles. The van der Waals surface area contributed by atoms with Gasteiger partial charge in [-0.15, -0.1) is 10.2 Å². The van der Waals surface area contributed by atoms with Crippen molar-refractivity contribution < 1.29 is 14.3 Å². The molecule has 2 rings (SSSR count). The molecule has 0 saturated heterocycles. The van der Waals surface area contributed by atoms with Crippen molar-refractivity contribution in [3.05, 3.63) is 5.89 Å². The molecule has 0 amide bonds. The summed E-state index contributed by atoms with van der Waals surface area (Å²) in [6, 6.07) is 0. The third kappa shape index (κ3) is 2.95. The molecule has 1 aliphatic rings. The summed E-state index contributed by atoms with van der Waals surface area (Å²) in [5.41, 5.74) is 0. The zero-order valence-corrected chi connectivity index (χ0v) is 9.00. The van der Waals surface area contributed by atoms with Crippen LogP contribution in [0.3, 0.4) is 0 Å². The summed E-state index contributed by atoms with van der Waals surface area (Å²) < 4.78 is 5.32. The van der Waals surface area contributed by atoms with Gasteiger partial charge in [-0.3, -0.25) is 4.79 Å². The smallest absolute Gasteiger partial charge is 0.314 e. The van der Waals surface area contributed by atoms with Crippen LogP contribution in [0.4, 0.5) is 0 Å². The SMILES string of the molecule is O=C(O)CSc1nnc(CC2CCC2)o1. The molecule has 1 saturated carbocycles. The van der Waals surface area contributed by atoms with Gasteiger partial charge < -0.3 is 9.52 Å². The molecule has 82 valence electrons. The van der Waals surface area contributed by atoms with E-state index in [2.05, 4.69) is 10.2 Å². The Morgan fingerprint density at radius 1 is 1.53 bits per heavy atom. The highest BCUT2D eigenvalue weighted by Crippen LogP contribution is 2.29. The Labute approximate surface area is 91.3 Å². The summed E-state index contributed by atoms with van der Waals surface area (Å²) in [5, 5.41) is 16.5. The Bertz CT molecular complexity index is 349. The van der Waals surface area contributed by atoms with E-state index in [1.54, 1.807) is 0 Å². The fraction of sp³-hybridized carbons (Fsp3) is 0.667. The van der Waals surface area contributed by atoms with Gasteiger partial charge in [0, 0.05) is 6.42 Å². The molecule has 1 aliphatic carbocycles. The van der Waals surface area contributed by atoms with E-state index in [0.29, 0.717) is 17.0 Å².